The van der Waals surface area contributed by atoms with Gasteiger partial charge in [-0.1, -0.05) is 59.7 Å². The quantitative estimate of drug-likeness (QED) is 0.320. The minimum absolute atomic E-state index is 0.00150. The summed E-state index contributed by atoms with van der Waals surface area (Å²) in [7, 11) is 0. The van der Waals surface area contributed by atoms with Crippen molar-refractivity contribution >= 4 is 5.97 Å². The molecule has 2 aliphatic heterocycles. The first kappa shape index (κ1) is 35.8. The van der Waals surface area contributed by atoms with Crippen LogP contribution in [0.2, 0.25) is 0 Å². The van der Waals surface area contributed by atoms with Crippen molar-refractivity contribution in [1.82, 2.24) is 19.1 Å². The van der Waals surface area contributed by atoms with E-state index in [-0.39, 0.29) is 29.8 Å². The molecule has 4 heterocycles. The smallest absolute Gasteiger partial charge is 0.338 e. The topological polar surface area (TPSA) is 222 Å². The molecule has 0 radical (unpaired) electrons. The van der Waals surface area contributed by atoms with Crippen LogP contribution in [-0.4, -0.2) is 54.6 Å². The summed E-state index contributed by atoms with van der Waals surface area (Å²) in [6, 6.07) is 14.5. The van der Waals surface area contributed by atoms with Gasteiger partial charge in [-0.25, -0.2) is 14.4 Å². The molecule has 0 spiro atoms. The largest absolute Gasteiger partial charge is 0.452 e. The summed E-state index contributed by atoms with van der Waals surface area (Å²) in [6.45, 7) is 11.2. The Morgan fingerprint density at radius 1 is 0.812 bits per heavy atom. The molecule has 2 aliphatic rings. The van der Waals surface area contributed by atoms with Crippen molar-refractivity contribution in [3.05, 3.63) is 102 Å². The Hall–Kier alpha value is -5.09. The van der Waals surface area contributed by atoms with Gasteiger partial charge in [0.1, 0.15) is 18.2 Å². The van der Waals surface area contributed by atoms with Crippen LogP contribution in [0.15, 0.2) is 74.0 Å². The minimum Gasteiger partial charge on any atom is -0.452 e. The van der Waals surface area contributed by atoms with Gasteiger partial charge in [-0.05, 0) is 24.0 Å². The van der Waals surface area contributed by atoms with Crippen LogP contribution in [0.1, 0.15) is 51.9 Å². The van der Waals surface area contributed by atoms with Crippen molar-refractivity contribution in [2.75, 3.05) is 0 Å². The summed E-state index contributed by atoms with van der Waals surface area (Å²) < 4.78 is 19.4. The standard InChI is InChI=1S/C20H21N3O5.C13H17N3O4/c1-12(2)16-13(3)17(27-18(25)14-7-5-4-6-8-14)20(11-21,28-16)23-10-9-15(24)22-19(23)26;1-7(2)10-8(3)11(18)13(6-14,20-10)16-5-4-9(17)15-12(16)19/h4-10,12-13,16-17H,1-3H3,(H,22,24,26);4-5,7-8,10-11,18H,1-3H3,(H,15,17,19)/t13-,16-,17-,20-;8-,10-,11-,13-/m11/s1. The molecule has 0 aliphatic carbocycles. The highest BCUT2D eigenvalue weighted by atomic mass is 16.6. The number of aliphatic hydroxyl groups excluding tert-OH is 1. The molecule has 15 heteroatoms. The van der Waals surface area contributed by atoms with E-state index < -0.39 is 58.2 Å². The second-order valence-corrected chi connectivity index (χ2v) is 12.6. The van der Waals surface area contributed by atoms with Crippen molar-refractivity contribution in [1.29, 1.82) is 10.5 Å². The molecule has 0 saturated carbocycles. The van der Waals surface area contributed by atoms with E-state index in [9.17, 15) is 39.6 Å². The molecule has 5 rings (SSSR count). The molecule has 2 aromatic heterocycles. The number of benzene rings is 1. The Bertz CT molecular complexity index is 1950. The predicted molar refractivity (Wildman–Crippen MR) is 169 cm³/mol. The van der Waals surface area contributed by atoms with Gasteiger partial charge in [0.15, 0.2) is 6.10 Å². The molecule has 0 bridgehead atoms. The average Bonchev–Trinajstić information content (AvgIpc) is 3.48. The first-order valence-electron chi connectivity index (χ1n) is 15.4. The first-order valence-corrected chi connectivity index (χ1v) is 15.4. The Labute approximate surface area is 274 Å². The molecular formula is C33H38N6O9. The molecule has 15 nitrogen and oxygen atoms in total. The van der Waals surface area contributed by atoms with Crippen molar-refractivity contribution in [2.45, 2.75) is 77.4 Å². The number of rotatable bonds is 6. The van der Waals surface area contributed by atoms with Gasteiger partial charge in [-0.2, -0.15) is 10.5 Å². The summed E-state index contributed by atoms with van der Waals surface area (Å²) in [6.07, 6.45) is -0.660. The monoisotopic (exact) mass is 662 g/mol. The molecule has 2 saturated heterocycles. The van der Waals surface area contributed by atoms with Gasteiger partial charge in [-0.15, -0.1) is 0 Å². The van der Waals surface area contributed by atoms with Gasteiger partial charge in [0.2, 0.25) is 0 Å². The third kappa shape index (κ3) is 6.40. The maximum Gasteiger partial charge on any atom is 0.338 e. The van der Waals surface area contributed by atoms with E-state index in [0.29, 0.717) is 5.56 Å². The lowest BCUT2D eigenvalue weighted by Crippen LogP contribution is -2.51. The Balaban J connectivity index is 0.000000229. The number of ether oxygens (including phenoxy) is 3. The predicted octanol–water partition coefficient (Wildman–Crippen LogP) is 1.39. The number of hydrogen-bond donors (Lipinski definition) is 3. The number of nitriles is 2. The van der Waals surface area contributed by atoms with E-state index in [1.54, 1.807) is 37.3 Å². The highest BCUT2D eigenvalue weighted by molar-refractivity contribution is 5.89. The summed E-state index contributed by atoms with van der Waals surface area (Å²) in [5, 5.41) is 29.9. The molecule has 3 aromatic rings. The molecule has 3 N–H and O–H groups in total. The van der Waals surface area contributed by atoms with Gasteiger partial charge >= 0.3 is 17.3 Å². The zero-order valence-electron chi connectivity index (χ0n) is 27.3. The third-order valence-electron chi connectivity index (χ3n) is 8.67. The number of carbonyl (C=O) groups is 1. The summed E-state index contributed by atoms with van der Waals surface area (Å²) in [4.78, 5) is 63.7. The molecule has 48 heavy (non-hydrogen) atoms. The zero-order valence-corrected chi connectivity index (χ0v) is 27.3. The summed E-state index contributed by atoms with van der Waals surface area (Å²) >= 11 is 0. The first-order chi connectivity index (χ1) is 22.6. The Morgan fingerprint density at radius 2 is 1.27 bits per heavy atom. The SMILES string of the molecule is CC(C)[C@H]1O[C@@](C#N)(n2ccc(=O)[nH]c2=O)[C@H](O)[C@@H]1C.CC(C)[C@H]1O[C@@](C#N)(n2ccc(=O)[nH]c2=O)[C@H](OC(=O)c2ccccc2)[C@@H]1C. The number of aromatic nitrogens is 4. The van der Waals surface area contributed by atoms with Gasteiger partial charge in [-0.3, -0.25) is 28.7 Å². The van der Waals surface area contributed by atoms with Crippen molar-refractivity contribution < 1.29 is 24.1 Å². The van der Waals surface area contributed by atoms with Crippen LogP contribution in [0.4, 0.5) is 0 Å². The van der Waals surface area contributed by atoms with Gasteiger partial charge in [0, 0.05) is 36.4 Å². The van der Waals surface area contributed by atoms with Crippen LogP contribution >= 0.6 is 0 Å². The number of H-pyrrole nitrogens is 2. The van der Waals surface area contributed by atoms with Crippen LogP contribution in [0.3, 0.4) is 0 Å². The maximum atomic E-state index is 12.7. The number of aromatic amines is 2. The lowest BCUT2D eigenvalue weighted by molar-refractivity contribution is -0.113. The van der Waals surface area contributed by atoms with E-state index in [1.807, 2.05) is 46.8 Å². The third-order valence-corrected chi connectivity index (χ3v) is 8.67. The molecule has 0 unspecified atom stereocenters. The summed E-state index contributed by atoms with van der Waals surface area (Å²) in [5.74, 6) is -1.22. The Morgan fingerprint density at radius 3 is 1.71 bits per heavy atom. The fourth-order valence-electron chi connectivity index (χ4n) is 6.30. The number of carbonyl (C=O) groups excluding carboxylic acids is 1. The molecule has 0 amide bonds. The highest BCUT2D eigenvalue weighted by Crippen LogP contribution is 2.43. The molecule has 8 atom stereocenters. The van der Waals surface area contributed by atoms with Crippen LogP contribution in [0, 0.1) is 46.3 Å². The van der Waals surface area contributed by atoms with E-state index in [0.717, 1.165) is 21.3 Å². The van der Waals surface area contributed by atoms with Crippen LogP contribution in [0.25, 0.3) is 0 Å². The van der Waals surface area contributed by atoms with Gasteiger partial charge < -0.3 is 19.3 Å². The zero-order chi connectivity index (χ0) is 35.6. The normalized spacial score (nSPS) is 29.5. The van der Waals surface area contributed by atoms with Gasteiger partial charge in [0.25, 0.3) is 22.6 Å². The summed E-state index contributed by atoms with van der Waals surface area (Å²) in [5.41, 5.74) is -6.14. The number of aliphatic hydroxyl groups is 1. The number of nitrogens with zero attached hydrogens (tertiary/aromatic N) is 4. The number of nitrogens with one attached hydrogen (secondary N) is 2. The fraction of sp³-hybridized carbons (Fsp3) is 0.485. The highest BCUT2D eigenvalue weighted by Gasteiger charge is 2.59. The van der Waals surface area contributed by atoms with Crippen LogP contribution in [0.5, 0.6) is 0 Å². The van der Waals surface area contributed by atoms with Crippen molar-refractivity contribution in [2.24, 2.45) is 23.7 Å². The lowest BCUT2D eigenvalue weighted by atomic mass is 9.89. The lowest BCUT2D eigenvalue weighted by Gasteiger charge is -2.29. The second-order valence-electron chi connectivity index (χ2n) is 12.6. The average molecular weight is 663 g/mol. The molecule has 254 valence electrons. The van der Waals surface area contributed by atoms with E-state index in [4.69, 9.17) is 14.2 Å². The minimum atomic E-state index is -1.89. The van der Waals surface area contributed by atoms with Crippen LogP contribution < -0.4 is 22.5 Å². The molecular weight excluding hydrogens is 624 g/mol. The van der Waals surface area contributed by atoms with Crippen LogP contribution in [-0.2, 0) is 25.7 Å². The number of hydrogen-bond acceptors (Lipinski definition) is 11. The van der Waals surface area contributed by atoms with E-state index in [2.05, 4.69) is 9.97 Å². The molecule has 2 fully saturated rings. The van der Waals surface area contributed by atoms with E-state index in [1.165, 1.54) is 12.4 Å². The molecule has 1 aromatic carbocycles. The van der Waals surface area contributed by atoms with E-state index >= 15 is 0 Å². The number of esters is 1. The fourth-order valence-corrected chi connectivity index (χ4v) is 6.30. The van der Waals surface area contributed by atoms with Gasteiger partial charge in [0.05, 0.1) is 17.8 Å². The second kappa shape index (κ2) is 13.9. The van der Waals surface area contributed by atoms with Crippen molar-refractivity contribution in [3.8, 4) is 12.1 Å². The van der Waals surface area contributed by atoms with Crippen molar-refractivity contribution in [3.63, 3.8) is 0 Å². The Kier molecular flexibility index (Phi) is 10.4. The maximum absolute atomic E-state index is 12.7.